The standard InChI is InChI=1S/C74H58N2O/c1-49(2)51-30-34-55(35-31-51)66-25-11-14-27-70(66)75(62-23-17-22-57(42-62)53-18-7-5-8-19-53)63-40-38-58-45-68-69-46-59-39-41-64(44-61(59)48-74(69)77-73(68)47-60(58)43-63)76(71-28-15-12-24-65(71)54-20-9-6-10-21-54)72-29-16-13-26-67(72)56-36-32-52(33-37-56)50(3)4/h5-50H,1-4H3. The normalized spacial score (nSPS) is 11.6. The van der Waals surface area contributed by atoms with Crippen molar-refractivity contribution in [2.45, 2.75) is 39.5 Å². The molecule has 370 valence electrons. The lowest BCUT2D eigenvalue weighted by Gasteiger charge is -2.30. The second-order valence-electron chi connectivity index (χ2n) is 20.9. The highest BCUT2D eigenvalue weighted by Gasteiger charge is 2.23. The van der Waals surface area contributed by atoms with Gasteiger partial charge in [0.25, 0.3) is 0 Å². The molecule has 13 aromatic rings. The summed E-state index contributed by atoms with van der Waals surface area (Å²) in [7, 11) is 0. The molecule has 0 radical (unpaired) electrons. The van der Waals surface area contributed by atoms with E-state index in [0.717, 1.165) is 94.3 Å². The van der Waals surface area contributed by atoms with Gasteiger partial charge < -0.3 is 14.2 Å². The van der Waals surface area contributed by atoms with Crippen LogP contribution in [0.4, 0.5) is 34.1 Å². The Morgan fingerprint density at radius 1 is 0.273 bits per heavy atom. The molecule has 0 saturated carbocycles. The lowest BCUT2D eigenvalue weighted by molar-refractivity contribution is 0.670. The summed E-state index contributed by atoms with van der Waals surface area (Å²) in [6.45, 7) is 8.99. The first-order valence-corrected chi connectivity index (χ1v) is 26.9. The number of fused-ring (bicyclic) bond motifs is 5. The molecule has 0 aliphatic carbocycles. The maximum absolute atomic E-state index is 6.93. The first kappa shape index (κ1) is 47.3. The molecule has 1 aromatic heterocycles. The van der Waals surface area contributed by atoms with Crippen molar-refractivity contribution in [1.29, 1.82) is 0 Å². The van der Waals surface area contributed by atoms with Crippen LogP contribution >= 0.6 is 0 Å². The number of nitrogens with zero attached hydrogens (tertiary/aromatic N) is 2. The third kappa shape index (κ3) is 9.00. The van der Waals surface area contributed by atoms with Gasteiger partial charge in [-0.25, -0.2) is 0 Å². The number of benzene rings is 12. The first-order valence-electron chi connectivity index (χ1n) is 26.9. The highest BCUT2D eigenvalue weighted by Crippen LogP contribution is 2.47. The smallest absolute Gasteiger partial charge is 0.136 e. The summed E-state index contributed by atoms with van der Waals surface area (Å²) in [6.07, 6.45) is 0. The van der Waals surface area contributed by atoms with Crippen LogP contribution in [0.5, 0.6) is 0 Å². The van der Waals surface area contributed by atoms with Crippen molar-refractivity contribution in [3.63, 3.8) is 0 Å². The fourth-order valence-corrected chi connectivity index (χ4v) is 11.3. The molecule has 0 saturated heterocycles. The summed E-state index contributed by atoms with van der Waals surface area (Å²) in [5, 5.41) is 6.72. The van der Waals surface area contributed by atoms with Gasteiger partial charge in [-0.15, -0.1) is 0 Å². The summed E-state index contributed by atoms with van der Waals surface area (Å²) in [5.41, 5.74) is 20.3. The Balaban J connectivity index is 0.935. The SMILES string of the molecule is CC(C)c1ccc(-c2ccccc2N(c2cccc(-c3ccccc3)c2)c2ccc3cc4c(cc3c2)oc2cc3cc(N(c5ccccc5-c5ccccc5)c5ccccc5-c5ccc(C(C)C)cc5)ccc3cc24)cc1. The molecule has 0 bridgehead atoms. The topological polar surface area (TPSA) is 19.6 Å². The van der Waals surface area contributed by atoms with Gasteiger partial charge in [0.15, 0.2) is 0 Å². The van der Waals surface area contributed by atoms with E-state index < -0.39 is 0 Å². The number of rotatable bonds is 12. The Bertz CT molecular complexity index is 4270. The van der Waals surface area contributed by atoms with Crippen LogP contribution in [0.2, 0.25) is 0 Å². The third-order valence-electron chi connectivity index (χ3n) is 15.4. The van der Waals surface area contributed by atoms with Gasteiger partial charge in [0, 0.05) is 44.5 Å². The zero-order valence-corrected chi connectivity index (χ0v) is 43.9. The quantitative estimate of drug-likeness (QED) is 0.122. The lowest BCUT2D eigenvalue weighted by Crippen LogP contribution is -2.12. The van der Waals surface area contributed by atoms with E-state index in [-0.39, 0.29) is 0 Å². The van der Waals surface area contributed by atoms with Gasteiger partial charge in [-0.05, 0) is 151 Å². The molecule has 1 heterocycles. The third-order valence-corrected chi connectivity index (χ3v) is 15.4. The second-order valence-corrected chi connectivity index (χ2v) is 20.9. The maximum atomic E-state index is 6.93. The van der Waals surface area contributed by atoms with E-state index in [2.05, 4.69) is 304 Å². The molecule has 0 amide bonds. The van der Waals surface area contributed by atoms with Crippen molar-refractivity contribution in [1.82, 2.24) is 0 Å². The molecule has 3 heteroatoms. The highest BCUT2D eigenvalue weighted by atomic mass is 16.3. The average Bonchev–Trinajstić information content (AvgIpc) is 3.90. The summed E-state index contributed by atoms with van der Waals surface area (Å²) < 4.78 is 6.93. The van der Waals surface area contributed by atoms with Crippen LogP contribution in [0.25, 0.3) is 88.0 Å². The lowest BCUT2D eigenvalue weighted by atomic mass is 9.96. The molecule has 13 rings (SSSR count). The van der Waals surface area contributed by atoms with E-state index in [9.17, 15) is 0 Å². The predicted octanol–water partition coefficient (Wildman–Crippen LogP) is 21.7. The minimum Gasteiger partial charge on any atom is -0.456 e. The minimum absolute atomic E-state index is 0.453. The van der Waals surface area contributed by atoms with Gasteiger partial charge in [0.05, 0.1) is 17.1 Å². The number of hydrogen-bond donors (Lipinski definition) is 0. The molecule has 0 atom stereocenters. The molecule has 0 N–H and O–H groups in total. The summed E-state index contributed by atoms with van der Waals surface area (Å²) in [4.78, 5) is 4.84. The summed E-state index contributed by atoms with van der Waals surface area (Å²) in [5.74, 6) is 0.909. The molecule has 0 aliphatic heterocycles. The van der Waals surface area contributed by atoms with Crippen molar-refractivity contribution < 1.29 is 4.42 Å². The zero-order valence-electron chi connectivity index (χ0n) is 43.9. The van der Waals surface area contributed by atoms with Gasteiger partial charge in [0.1, 0.15) is 11.2 Å². The van der Waals surface area contributed by atoms with E-state index in [0.29, 0.717) is 11.8 Å². The van der Waals surface area contributed by atoms with E-state index >= 15 is 0 Å². The van der Waals surface area contributed by atoms with Crippen LogP contribution in [0.1, 0.15) is 50.7 Å². The van der Waals surface area contributed by atoms with E-state index in [1.807, 2.05) is 0 Å². The fourth-order valence-electron chi connectivity index (χ4n) is 11.3. The molecule has 0 aliphatic rings. The average molecular weight is 991 g/mol. The number of para-hydroxylation sites is 3. The highest BCUT2D eigenvalue weighted by molar-refractivity contribution is 6.14. The molecule has 0 fully saturated rings. The largest absolute Gasteiger partial charge is 0.456 e. The van der Waals surface area contributed by atoms with E-state index in [1.165, 1.54) is 38.9 Å². The van der Waals surface area contributed by atoms with Crippen LogP contribution < -0.4 is 9.80 Å². The molecule has 0 spiro atoms. The van der Waals surface area contributed by atoms with Crippen molar-refractivity contribution in [3.05, 3.63) is 278 Å². The van der Waals surface area contributed by atoms with Gasteiger partial charge in [-0.3, -0.25) is 0 Å². The van der Waals surface area contributed by atoms with Crippen molar-refractivity contribution >= 4 is 77.6 Å². The van der Waals surface area contributed by atoms with Gasteiger partial charge in [0.2, 0.25) is 0 Å². The van der Waals surface area contributed by atoms with Crippen molar-refractivity contribution in [2.24, 2.45) is 0 Å². The molecule has 3 nitrogen and oxygen atoms in total. The monoisotopic (exact) mass is 990 g/mol. The van der Waals surface area contributed by atoms with Gasteiger partial charge >= 0.3 is 0 Å². The Morgan fingerprint density at radius 2 is 0.662 bits per heavy atom. The summed E-state index contributed by atoms with van der Waals surface area (Å²) >= 11 is 0. The molecular weight excluding hydrogens is 933 g/mol. The van der Waals surface area contributed by atoms with Crippen LogP contribution in [-0.2, 0) is 0 Å². The Kier molecular flexibility index (Phi) is 12.3. The molecule has 0 unspecified atom stereocenters. The maximum Gasteiger partial charge on any atom is 0.136 e. The van der Waals surface area contributed by atoms with E-state index in [1.54, 1.807) is 0 Å². The fraction of sp³-hybridized carbons (Fsp3) is 0.0811. The number of hydrogen-bond acceptors (Lipinski definition) is 3. The van der Waals surface area contributed by atoms with E-state index in [4.69, 9.17) is 4.42 Å². The first-order chi connectivity index (χ1) is 37.8. The van der Waals surface area contributed by atoms with Gasteiger partial charge in [-0.2, -0.15) is 0 Å². The molecule has 12 aromatic carbocycles. The number of furan rings is 1. The van der Waals surface area contributed by atoms with Crippen molar-refractivity contribution in [2.75, 3.05) is 9.80 Å². The zero-order chi connectivity index (χ0) is 52.0. The van der Waals surface area contributed by atoms with Crippen LogP contribution in [0, 0.1) is 0 Å². The summed E-state index contributed by atoms with van der Waals surface area (Å²) in [6, 6.07) is 97.5. The Labute approximate surface area is 451 Å². The Hall–Kier alpha value is -9.44. The predicted molar refractivity (Wildman–Crippen MR) is 328 cm³/mol. The minimum atomic E-state index is 0.453. The van der Waals surface area contributed by atoms with Crippen LogP contribution in [-0.4, -0.2) is 0 Å². The molecule has 77 heavy (non-hydrogen) atoms. The van der Waals surface area contributed by atoms with Gasteiger partial charge in [-0.1, -0.05) is 216 Å². The van der Waals surface area contributed by atoms with Crippen molar-refractivity contribution in [3.8, 4) is 44.5 Å². The Morgan fingerprint density at radius 3 is 1.14 bits per heavy atom. The molecular formula is C74H58N2O. The van der Waals surface area contributed by atoms with Crippen LogP contribution in [0.3, 0.4) is 0 Å². The van der Waals surface area contributed by atoms with Crippen LogP contribution in [0.15, 0.2) is 271 Å². The second kappa shape index (κ2) is 20.0. The number of anilines is 6.